The molecule has 1 N–H and O–H groups in total. The number of anilines is 1. The van der Waals surface area contributed by atoms with Crippen molar-refractivity contribution in [3.63, 3.8) is 0 Å². The molecule has 1 aromatic heterocycles. The number of nitrogens with zero attached hydrogens (tertiary/aromatic N) is 2. The SMILES string of the molecule is COCn1cc(NC(=O)c2cccc(Br)c2)cn1. The molecule has 0 aliphatic carbocycles. The zero-order valence-corrected chi connectivity index (χ0v) is 11.3. The number of hydrogen-bond donors (Lipinski definition) is 1. The first-order valence-corrected chi connectivity index (χ1v) is 6.06. The van der Waals surface area contributed by atoms with Gasteiger partial charge >= 0.3 is 0 Å². The van der Waals surface area contributed by atoms with Gasteiger partial charge in [0, 0.05) is 17.1 Å². The Balaban J connectivity index is 2.06. The van der Waals surface area contributed by atoms with Crippen molar-refractivity contribution in [3.05, 3.63) is 46.7 Å². The van der Waals surface area contributed by atoms with Gasteiger partial charge in [-0.05, 0) is 18.2 Å². The van der Waals surface area contributed by atoms with Crippen LogP contribution in [0.15, 0.2) is 41.1 Å². The third-order valence-corrected chi connectivity index (χ3v) is 2.73. The largest absolute Gasteiger partial charge is 0.362 e. The normalized spacial score (nSPS) is 10.3. The van der Waals surface area contributed by atoms with E-state index in [1.807, 2.05) is 12.1 Å². The fourth-order valence-electron chi connectivity index (χ4n) is 1.46. The van der Waals surface area contributed by atoms with E-state index in [1.54, 1.807) is 36.3 Å². The maximum atomic E-state index is 11.9. The Kier molecular flexibility index (Phi) is 4.11. The molecule has 0 aliphatic heterocycles. The van der Waals surface area contributed by atoms with Crippen molar-refractivity contribution in [1.82, 2.24) is 9.78 Å². The molecule has 18 heavy (non-hydrogen) atoms. The summed E-state index contributed by atoms with van der Waals surface area (Å²) >= 11 is 3.33. The molecule has 0 atom stereocenters. The van der Waals surface area contributed by atoms with Crippen LogP contribution in [0.5, 0.6) is 0 Å². The smallest absolute Gasteiger partial charge is 0.255 e. The Morgan fingerprint density at radius 1 is 1.56 bits per heavy atom. The summed E-state index contributed by atoms with van der Waals surface area (Å²) in [4.78, 5) is 11.9. The van der Waals surface area contributed by atoms with Crippen LogP contribution in [0, 0.1) is 0 Å². The van der Waals surface area contributed by atoms with Crippen molar-refractivity contribution in [1.29, 1.82) is 0 Å². The summed E-state index contributed by atoms with van der Waals surface area (Å²) < 4.78 is 7.39. The summed E-state index contributed by atoms with van der Waals surface area (Å²) in [5, 5.41) is 6.80. The van der Waals surface area contributed by atoms with E-state index < -0.39 is 0 Å². The number of ether oxygens (including phenoxy) is 1. The first kappa shape index (κ1) is 12.8. The van der Waals surface area contributed by atoms with Crippen molar-refractivity contribution in [3.8, 4) is 0 Å². The monoisotopic (exact) mass is 309 g/mol. The Morgan fingerprint density at radius 3 is 3.11 bits per heavy atom. The summed E-state index contributed by atoms with van der Waals surface area (Å²) in [5.41, 5.74) is 1.22. The average Bonchev–Trinajstić information content (AvgIpc) is 2.77. The minimum absolute atomic E-state index is 0.173. The van der Waals surface area contributed by atoms with Crippen LogP contribution < -0.4 is 5.32 Å². The molecule has 5 nitrogen and oxygen atoms in total. The molecule has 2 rings (SSSR count). The molecule has 2 aromatic rings. The zero-order valence-electron chi connectivity index (χ0n) is 9.76. The number of methoxy groups -OCH3 is 1. The van der Waals surface area contributed by atoms with Gasteiger partial charge in [0.15, 0.2) is 0 Å². The topological polar surface area (TPSA) is 56.1 Å². The molecule has 0 fully saturated rings. The first-order valence-electron chi connectivity index (χ1n) is 5.27. The van der Waals surface area contributed by atoms with Crippen molar-refractivity contribution in [2.24, 2.45) is 0 Å². The fourth-order valence-corrected chi connectivity index (χ4v) is 1.86. The molecule has 0 bridgehead atoms. The van der Waals surface area contributed by atoms with Crippen LogP contribution in [0.4, 0.5) is 5.69 Å². The zero-order chi connectivity index (χ0) is 13.0. The lowest BCUT2D eigenvalue weighted by Gasteiger charge is -2.02. The highest BCUT2D eigenvalue weighted by atomic mass is 79.9. The Bertz CT molecular complexity index is 554. The van der Waals surface area contributed by atoms with Gasteiger partial charge in [0.05, 0.1) is 18.1 Å². The van der Waals surface area contributed by atoms with Crippen LogP contribution in [0.3, 0.4) is 0 Å². The van der Waals surface area contributed by atoms with E-state index >= 15 is 0 Å². The lowest BCUT2D eigenvalue weighted by molar-refractivity contribution is 0.102. The number of benzene rings is 1. The molecule has 0 unspecified atom stereocenters. The van der Waals surface area contributed by atoms with Gasteiger partial charge in [-0.25, -0.2) is 4.68 Å². The number of hydrogen-bond acceptors (Lipinski definition) is 3. The molecule has 0 saturated heterocycles. The van der Waals surface area contributed by atoms with Crippen molar-refractivity contribution in [2.45, 2.75) is 6.73 Å². The van der Waals surface area contributed by atoms with Crippen LogP contribution in [-0.2, 0) is 11.5 Å². The van der Waals surface area contributed by atoms with E-state index in [4.69, 9.17) is 4.74 Å². The third kappa shape index (κ3) is 3.18. The molecule has 1 heterocycles. The lowest BCUT2D eigenvalue weighted by atomic mass is 10.2. The Hall–Kier alpha value is -1.66. The minimum Gasteiger partial charge on any atom is -0.362 e. The van der Waals surface area contributed by atoms with E-state index in [2.05, 4.69) is 26.3 Å². The summed E-state index contributed by atoms with van der Waals surface area (Å²) in [6.07, 6.45) is 3.29. The van der Waals surface area contributed by atoms with Gasteiger partial charge in [-0.3, -0.25) is 4.79 Å². The molecule has 0 aliphatic rings. The van der Waals surface area contributed by atoms with Gasteiger partial charge in [-0.1, -0.05) is 22.0 Å². The van der Waals surface area contributed by atoms with E-state index in [9.17, 15) is 4.79 Å². The standard InChI is InChI=1S/C12H12BrN3O2/c1-18-8-16-7-11(6-14-16)15-12(17)9-3-2-4-10(13)5-9/h2-7H,8H2,1H3,(H,15,17). The number of carbonyl (C=O) groups excluding carboxylic acids is 1. The van der Waals surface area contributed by atoms with Gasteiger partial charge in [-0.15, -0.1) is 0 Å². The summed E-state index contributed by atoms with van der Waals surface area (Å²) in [5.74, 6) is -0.173. The summed E-state index contributed by atoms with van der Waals surface area (Å²) in [6, 6.07) is 7.19. The van der Waals surface area contributed by atoms with E-state index in [0.717, 1.165) is 4.47 Å². The number of carbonyl (C=O) groups is 1. The molecule has 94 valence electrons. The van der Waals surface area contributed by atoms with Crippen LogP contribution in [0.1, 0.15) is 10.4 Å². The minimum atomic E-state index is -0.173. The average molecular weight is 310 g/mol. The number of rotatable bonds is 4. The van der Waals surface area contributed by atoms with Crippen LogP contribution in [-0.4, -0.2) is 22.8 Å². The summed E-state index contributed by atoms with van der Waals surface area (Å²) in [6.45, 7) is 0.354. The van der Waals surface area contributed by atoms with Crippen molar-refractivity contribution in [2.75, 3.05) is 12.4 Å². The second-order valence-electron chi connectivity index (χ2n) is 3.65. The third-order valence-electron chi connectivity index (χ3n) is 2.24. The second kappa shape index (κ2) is 5.79. The molecule has 0 radical (unpaired) electrons. The molecule has 1 aromatic carbocycles. The fraction of sp³-hybridized carbons (Fsp3) is 0.167. The van der Waals surface area contributed by atoms with Crippen molar-refractivity contribution >= 4 is 27.5 Å². The predicted octanol–water partition coefficient (Wildman–Crippen LogP) is 2.50. The molecular weight excluding hydrogens is 298 g/mol. The van der Waals surface area contributed by atoms with E-state index in [0.29, 0.717) is 18.0 Å². The predicted molar refractivity (Wildman–Crippen MR) is 71.3 cm³/mol. The van der Waals surface area contributed by atoms with Gasteiger partial charge in [0.25, 0.3) is 5.91 Å². The van der Waals surface area contributed by atoms with Crippen LogP contribution in [0.2, 0.25) is 0 Å². The number of aromatic nitrogens is 2. The maximum Gasteiger partial charge on any atom is 0.255 e. The van der Waals surface area contributed by atoms with E-state index in [1.165, 1.54) is 0 Å². The van der Waals surface area contributed by atoms with Gasteiger partial charge in [-0.2, -0.15) is 5.10 Å². The molecule has 0 saturated carbocycles. The van der Waals surface area contributed by atoms with Gasteiger partial charge in [0.2, 0.25) is 0 Å². The van der Waals surface area contributed by atoms with Gasteiger partial charge < -0.3 is 10.1 Å². The van der Waals surface area contributed by atoms with Crippen LogP contribution in [0.25, 0.3) is 0 Å². The number of amides is 1. The highest BCUT2D eigenvalue weighted by molar-refractivity contribution is 9.10. The van der Waals surface area contributed by atoms with Crippen LogP contribution >= 0.6 is 15.9 Å². The number of nitrogens with one attached hydrogen (secondary N) is 1. The lowest BCUT2D eigenvalue weighted by Crippen LogP contribution is -2.11. The first-order chi connectivity index (χ1) is 8.69. The molecule has 0 spiro atoms. The van der Waals surface area contributed by atoms with E-state index in [-0.39, 0.29) is 5.91 Å². The quantitative estimate of drug-likeness (QED) is 0.944. The highest BCUT2D eigenvalue weighted by Crippen LogP contribution is 2.13. The Morgan fingerprint density at radius 2 is 2.39 bits per heavy atom. The molecular formula is C12H12BrN3O2. The van der Waals surface area contributed by atoms with Gasteiger partial charge in [0.1, 0.15) is 6.73 Å². The maximum absolute atomic E-state index is 11.9. The molecule has 1 amide bonds. The number of halogens is 1. The Labute approximate surface area is 113 Å². The van der Waals surface area contributed by atoms with Crippen molar-refractivity contribution < 1.29 is 9.53 Å². The second-order valence-corrected chi connectivity index (χ2v) is 4.57. The molecule has 6 heteroatoms. The highest BCUT2D eigenvalue weighted by Gasteiger charge is 2.07. The summed E-state index contributed by atoms with van der Waals surface area (Å²) in [7, 11) is 1.58.